The second-order valence-corrected chi connectivity index (χ2v) is 9.65. The van der Waals surface area contributed by atoms with Crippen LogP contribution in [0, 0.1) is 24.0 Å². The zero-order chi connectivity index (χ0) is 22.9. The van der Waals surface area contributed by atoms with Gasteiger partial charge in [0.1, 0.15) is 4.83 Å². The normalized spacial score (nSPS) is 12.0. The molecule has 3 aromatic rings. The number of nitro benzene ring substituents is 1. The Labute approximate surface area is 191 Å². The number of aromatic nitrogens is 2. The number of halogens is 1. The van der Waals surface area contributed by atoms with E-state index in [2.05, 4.69) is 16.9 Å². The molecule has 1 N–H and O–H groups in total. The summed E-state index contributed by atoms with van der Waals surface area (Å²) in [4.78, 5) is 42.3. The number of thioether (sulfide) groups is 1. The lowest BCUT2D eigenvalue weighted by molar-refractivity contribution is -0.384. The molecule has 8 nitrogen and oxygen atoms in total. The Kier molecular flexibility index (Phi) is 6.83. The van der Waals surface area contributed by atoms with E-state index in [0.717, 1.165) is 22.2 Å². The van der Waals surface area contributed by atoms with Crippen LogP contribution in [0.2, 0.25) is 5.02 Å². The molecule has 162 valence electrons. The molecule has 2 heterocycles. The highest BCUT2D eigenvalue weighted by Gasteiger charge is 2.22. The number of allylic oxidation sites excluding steroid dienone is 1. The second kappa shape index (κ2) is 9.21. The molecule has 0 radical (unpaired) electrons. The number of hydrogen-bond donors (Lipinski definition) is 1. The van der Waals surface area contributed by atoms with Crippen LogP contribution in [0.4, 0.5) is 11.4 Å². The molecule has 11 heteroatoms. The van der Waals surface area contributed by atoms with Crippen molar-refractivity contribution >= 4 is 62.2 Å². The van der Waals surface area contributed by atoms with Gasteiger partial charge in [0, 0.05) is 23.6 Å². The molecule has 3 rings (SSSR count). The summed E-state index contributed by atoms with van der Waals surface area (Å²) in [6.07, 6.45) is 1.61. The Morgan fingerprint density at radius 2 is 2.19 bits per heavy atom. The van der Waals surface area contributed by atoms with Crippen molar-refractivity contribution in [3.05, 3.63) is 66.8 Å². The third-order valence-electron chi connectivity index (χ3n) is 4.64. The summed E-state index contributed by atoms with van der Waals surface area (Å²) in [6, 6.07) is 3.82. The van der Waals surface area contributed by atoms with Crippen LogP contribution in [0.1, 0.15) is 17.4 Å². The van der Waals surface area contributed by atoms with Crippen LogP contribution in [0.15, 0.2) is 40.8 Å². The van der Waals surface area contributed by atoms with Gasteiger partial charge >= 0.3 is 0 Å². The Balaban J connectivity index is 1.88. The quantitative estimate of drug-likeness (QED) is 0.169. The smallest absolute Gasteiger partial charge is 0.271 e. The molecular weight excluding hydrogens is 460 g/mol. The Morgan fingerprint density at radius 1 is 1.48 bits per heavy atom. The summed E-state index contributed by atoms with van der Waals surface area (Å²) in [5, 5.41) is 14.0. The summed E-state index contributed by atoms with van der Waals surface area (Å²) in [5.74, 6) is -0.376. The van der Waals surface area contributed by atoms with Crippen molar-refractivity contribution in [3.8, 4) is 0 Å². The Hall–Kier alpha value is -2.69. The van der Waals surface area contributed by atoms with Gasteiger partial charge in [-0.25, -0.2) is 4.98 Å². The molecule has 31 heavy (non-hydrogen) atoms. The maximum absolute atomic E-state index is 13.0. The number of thiophene rings is 1. The first-order valence-electron chi connectivity index (χ1n) is 9.17. The standard InChI is InChI=1S/C20H19ClN4O4S2/c1-5-8-24-19(27)16-10(2)11(3)30-18(16)23-20(24)31-12(4)17(26)22-15-7-6-13(25(28)29)9-14(15)21/h5-7,9,12H,1,8H2,2-4H3,(H,22,26)/t12-/m1/s1. The van der Waals surface area contributed by atoms with Crippen LogP contribution >= 0.6 is 34.7 Å². The van der Waals surface area contributed by atoms with Crippen LogP contribution in [-0.4, -0.2) is 25.6 Å². The Bertz CT molecular complexity index is 1270. The summed E-state index contributed by atoms with van der Waals surface area (Å²) >= 11 is 8.64. The number of carbonyl (C=O) groups is 1. The van der Waals surface area contributed by atoms with Gasteiger partial charge in [-0.2, -0.15) is 0 Å². The van der Waals surface area contributed by atoms with Gasteiger partial charge in [0.15, 0.2) is 5.16 Å². The van der Waals surface area contributed by atoms with E-state index in [0.29, 0.717) is 15.4 Å². The topological polar surface area (TPSA) is 107 Å². The number of nitrogens with one attached hydrogen (secondary N) is 1. The van der Waals surface area contributed by atoms with E-state index < -0.39 is 10.2 Å². The molecule has 0 unspecified atom stereocenters. The first-order valence-corrected chi connectivity index (χ1v) is 11.2. The number of non-ortho nitro benzene ring substituents is 1. The molecule has 2 aromatic heterocycles. The summed E-state index contributed by atoms with van der Waals surface area (Å²) in [5.41, 5.74) is 0.838. The van der Waals surface area contributed by atoms with Crippen LogP contribution in [0.25, 0.3) is 10.2 Å². The fourth-order valence-corrected chi connectivity index (χ4v) is 5.06. The highest BCUT2D eigenvalue weighted by atomic mass is 35.5. The largest absolute Gasteiger partial charge is 0.324 e. The Morgan fingerprint density at radius 3 is 2.81 bits per heavy atom. The van der Waals surface area contributed by atoms with Crippen LogP contribution < -0.4 is 10.9 Å². The monoisotopic (exact) mass is 478 g/mol. The fraction of sp³-hybridized carbons (Fsp3) is 0.250. The lowest BCUT2D eigenvalue weighted by Gasteiger charge is -2.15. The number of aryl methyl sites for hydroxylation is 2. The van der Waals surface area contributed by atoms with E-state index in [1.54, 1.807) is 13.0 Å². The number of rotatable bonds is 7. The number of hydrogen-bond acceptors (Lipinski definition) is 7. The predicted molar refractivity (Wildman–Crippen MR) is 126 cm³/mol. The lowest BCUT2D eigenvalue weighted by atomic mass is 10.2. The first-order chi connectivity index (χ1) is 14.6. The molecule has 1 aromatic carbocycles. The van der Waals surface area contributed by atoms with E-state index in [4.69, 9.17) is 11.6 Å². The number of nitrogens with zero attached hydrogens (tertiary/aromatic N) is 3. The molecule has 0 saturated heterocycles. The van der Waals surface area contributed by atoms with Gasteiger partial charge in [-0.05, 0) is 32.4 Å². The van der Waals surface area contributed by atoms with Gasteiger partial charge in [-0.15, -0.1) is 17.9 Å². The van der Waals surface area contributed by atoms with E-state index in [-0.39, 0.29) is 34.4 Å². The molecule has 0 aliphatic heterocycles. The van der Waals surface area contributed by atoms with Crippen molar-refractivity contribution in [3.63, 3.8) is 0 Å². The number of fused-ring (bicyclic) bond motifs is 1. The van der Waals surface area contributed by atoms with Gasteiger partial charge in [-0.1, -0.05) is 29.4 Å². The van der Waals surface area contributed by atoms with Crippen molar-refractivity contribution < 1.29 is 9.72 Å². The number of amides is 1. The minimum atomic E-state index is -0.617. The number of carbonyl (C=O) groups excluding carboxylic acids is 1. The molecule has 1 atom stereocenters. The third-order valence-corrected chi connectivity index (χ3v) is 7.14. The van der Waals surface area contributed by atoms with Crippen molar-refractivity contribution in [2.24, 2.45) is 0 Å². The van der Waals surface area contributed by atoms with Crippen molar-refractivity contribution in [1.82, 2.24) is 9.55 Å². The average Bonchev–Trinajstić information content (AvgIpc) is 2.99. The van der Waals surface area contributed by atoms with Crippen LogP contribution in [0.5, 0.6) is 0 Å². The van der Waals surface area contributed by atoms with E-state index in [1.165, 1.54) is 34.1 Å². The number of nitro groups is 1. The molecule has 0 bridgehead atoms. The third kappa shape index (κ3) is 4.65. The summed E-state index contributed by atoms with van der Waals surface area (Å²) in [7, 11) is 0. The number of benzene rings is 1. The van der Waals surface area contributed by atoms with E-state index in [1.807, 2.05) is 13.8 Å². The van der Waals surface area contributed by atoms with E-state index >= 15 is 0 Å². The molecule has 0 fully saturated rings. The zero-order valence-corrected chi connectivity index (χ0v) is 19.4. The van der Waals surface area contributed by atoms with Gasteiger partial charge in [0.05, 0.1) is 26.3 Å². The van der Waals surface area contributed by atoms with E-state index in [9.17, 15) is 19.7 Å². The fourth-order valence-electron chi connectivity index (χ4n) is 2.85. The van der Waals surface area contributed by atoms with Crippen molar-refractivity contribution in [1.29, 1.82) is 0 Å². The zero-order valence-electron chi connectivity index (χ0n) is 17.0. The molecule has 1 amide bonds. The van der Waals surface area contributed by atoms with Crippen molar-refractivity contribution in [2.75, 3.05) is 5.32 Å². The van der Waals surface area contributed by atoms with Gasteiger partial charge in [-0.3, -0.25) is 24.3 Å². The van der Waals surface area contributed by atoms with Gasteiger partial charge < -0.3 is 5.32 Å². The minimum absolute atomic E-state index is 0.0624. The average molecular weight is 479 g/mol. The second-order valence-electron chi connectivity index (χ2n) is 6.73. The minimum Gasteiger partial charge on any atom is -0.324 e. The van der Waals surface area contributed by atoms with Crippen LogP contribution in [0.3, 0.4) is 0 Å². The SMILES string of the molecule is C=CCn1c(S[C@H](C)C(=O)Nc2ccc([N+](=O)[O-])cc2Cl)nc2sc(C)c(C)c2c1=O. The maximum atomic E-state index is 13.0. The molecule has 0 aliphatic rings. The highest BCUT2D eigenvalue weighted by Crippen LogP contribution is 2.31. The molecule has 0 saturated carbocycles. The predicted octanol–water partition coefficient (Wildman–Crippen LogP) is 4.94. The van der Waals surface area contributed by atoms with Crippen LogP contribution in [-0.2, 0) is 11.3 Å². The summed E-state index contributed by atoms with van der Waals surface area (Å²) in [6.45, 7) is 9.49. The first kappa shape index (κ1) is 23.0. The molecular formula is C20H19ClN4O4S2. The maximum Gasteiger partial charge on any atom is 0.271 e. The number of anilines is 1. The van der Waals surface area contributed by atoms with Crippen molar-refractivity contribution in [2.45, 2.75) is 37.7 Å². The van der Waals surface area contributed by atoms with Gasteiger partial charge in [0.25, 0.3) is 11.2 Å². The molecule has 0 aliphatic carbocycles. The highest BCUT2D eigenvalue weighted by molar-refractivity contribution is 8.00. The van der Waals surface area contributed by atoms with Gasteiger partial charge in [0.2, 0.25) is 5.91 Å². The summed E-state index contributed by atoms with van der Waals surface area (Å²) < 4.78 is 1.50. The molecule has 0 spiro atoms. The lowest BCUT2D eigenvalue weighted by Crippen LogP contribution is -2.26.